The van der Waals surface area contributed by atoms with Crippen molar-refractivity contribution in [2.75, 3.05) is 7.11 Å². The number of Topliss-reactive ketones (excluding diaryl/α,β-unsaturated/α-hetero) is 1. The number of methoxy groups -OCH3 is 1. The lowest BCUT2D eigenvalue weighted by Gasteiger charge is -2.11. The van der Waals surface area contributed by atoms with Crippen molar-refractivity contribution in [3.05, 3.63) is 0 Å². The molecule has 0 spiro atoms. The molecule has 70 valence electrons. The number of carbonyl (C=O) groups excluding carboxylic acids is 1. The molecule has 0 radical (unpaired) electrons. The van der Waals surface area contributed by atoms with Crippen molar-refractivity contribution in [1.29, 1.82) is 0 Å². The van der Waals surface area contributed by atoms with Crippen molar-refractivity contribution in [3.63, 3.8) is 0 Å². The molecule has 1 unspecified atom stereocenters. The molecule has 0 heterocycles. The van der Waals surface area contributed by atoms with Gasteiger partial charge >= 0.3 is 0 Å². The largest absolute Gasteiger partial charge is 0.381 e. The zero-order valence-corrected chi connectivity index (χ0v) is 8.01. The Bertz CT molecular complexity index is 148. The van der Waals surface area contributed by atoms with Crippen molar-refractivity contribution >= 4 is 5.78 Å². The maximum absolute atomic E-state index is 11.5. The summed E-state index contributed by atoms with van der Waals surface area (Å²) in [5.74, 6) is 0.754. The van der Waals surface area contributed by atoms with Crippen molar-refractivity contribution in [2.45, 2.75) is 45.1 Å². The van der Waals surface area contributed by atoms with E-state index < -0.39 is 0 Å². The molecule has 0 aliphatic heterocycles. The van der Waals surface area contributed by atoms with Gasteiger partial charge in [0.15, 0.2) is 0 Å². The first-order valence-electron chi connectivity index (χ1n) is 4.79. The second-order valence-electron chi connectivity index (χ2n) is 3.70. The van der Waals surface area contributed by atoms with Gasteiger partial charge in [0.2, 0.25) is 0 Å². The molecule has 0 bridgehead atoms. The molecule has 0 aromatic heterocycles. The highest BCUT2D eigenvalue weighted by Gasteiger charge is 2.23. The fourth-order valence-corrected chi connectivity index (χ4v) is 1.78. The molecular formula is C10H18O2. The molecule has 1 atom stereocenters. The number of ketones is 1. The maximum atomic E-state index is 11.5. The molecular weight excluding hydrogens is 152 g/mol. The predicted molar refractivity (Wildman–Crippen MR) is 48.1 cm³/mol. The Balaban J connectivity index is 2.27. The van der Waals surface area contributed by atoms with Gasteiger partial charge in [-0.05, 0) is 19.8 Å². The smallest absolute Gasteiger partial charge is 0.138 e. The maximum Gasteiger partial charge on any atom is 0.138 e. The third-order valence-electron chi connectivity index (χ3n) is 2.70. The SMILES string of the molecule is COC(C)CC(=O)C1CCCC1. The first-order valence-corrected chi connectivity index (χ1v) is 4.79. The number of rotatable bonds is 4. The van der Waals surface area contributed by atoms with Crippen LogP contribution < -0.4 is 0 Å². The first kappa shape index (κ1) is 9.72. The van der Waals surface area contributed by atoms with Gasteiger partial charge in [-0.3, -0.25) is 4.79 Å². The highest BCUT2D eigenvalue weighted by Crippen LogP contribution is 2.26. The summed E-state index contributed by atoms with van der Waals surface area (Å²) in [6, 6.07) is 0. The van der Waals surface area contributed by atoms with Gasteiger partial charge in [-0.2, -0.15) is 0 Å². The van der Waals surface area contributed by atoms with E-state index in [1.165, 1.54) is 12.8 Å². The van der Waals surface area contributed by atoms with Crippen LogP contribution in [-0.4, -0.2) is 19.0 Å². The Morgan fingerprint density at radius 3 is 2.58 bits per heavy atom. The molecule has 0 aromatic rings. The number of carbonyl (C=O) groups is 1. The number of ether oxygens (including phenoxy) is 1. The van der Waals surface area contributed by atoms with Gasteiger partial charge in [0.25, 0.3) is 0 Å². The van der Waals surface area contributed by atoms with Crippen LogP contribution in [0.5, 0.6) is 0 Å². The first-order chi connectivity index (χ1) is 5.74. The summed E-state index contributed by atoms with van der Waals surface area (Å²) in [5, 5.41) is 0. The zero-order valence-electron chi connectivity index (χ0n) is 8.01. The average Bonchev–Trinajstić information content (AvgIpc) is 2.56. The van der Waals surface area contributed by atoms with Crippen molar-refractivity contribution in [2.24, 2.45) is 5.92 Å². The minimum Gasteiger partial charge on any atom is -0.381 e. The van der Waals surface area contributed by atoms with E-state index in [1.807, 2.05) is 6.92 Å². The summed E-state index contributed by atoms with van der Waals surface area (Å²) >= 11 is 0. The van der Waals surface area contributed by atoms with Crippen LogP contribution in [0.2, 0.25) is 0 Å². The second kappa shape index (κ2) is 4.61. The van der Waals surface area contributed by atoms with Crippen molar-refractivity contribution in [3.8, 4) is 0 Å². The number of hydrogen-bond donors (Lipinski definition) is 0. The van der Waals surface area contributed by atoms with Crippen molar-refractivity contribution < 1.29 is 9.53 Å². The van der Waals surface area contributed by atoms with Crippen LogP contribution >= 0.6 is 0 Å². The molecule has 0 amide bonds. The van der Waals surface area contributed by atoms with E-state index in [4.69, 9.17) is 4.74 Å². The molecule has 1 aliphatic rings. The summed E-state index contributed by atoms with van der Waals surface area (Å²) in [4.78, 5) is 11.5. The molecule has 2 nitrogen and oxygen atoms in total. The van der Waals surface area contributed by atoms with Crippen LogP contribution in [0.15, 0.2) is 0 Å². The summed E-state index contributed by atoms with van der Waals surface area (Å²) in [7, 11) is 1.66. The van der Waals surface area contributed by atoms with Crippen LogP contribution in [0.1, 0.15) is 39.0 Å². The monoisotopic (exact) mass is 170 g/mol. The van der Waals surface area contributed by atoms with Gasteiger partial charge in [0, 0.05) is 19.4 Å². The highest BCUT2D eigenvalue weighted by atomic mass is 16.5. The zero-order chi connectivity index (χ0) is 8.97. The van der Waals surface area contributed by atoms with Crippen LogP contribution in [0.3, 0.4) is 0 Å². The highest BCUT2D eigenvalue weighted by molar-refractivity contribution is 5.81. The molecule has 0 aromatic carbocycles. The Morgan fingerprint density at radius 2 is 2.08 bits per heavy atom. The quantitative estimate of drug-likeness (QED) is 0.646. The molecule has 1 fully saturated rings. The normalized spacial score (nSPS) is 21.2. The summed E-state index contributed by atoms with van der Waals surface area (Å²) in [6.07, 6.45) is 5.37. The Hall–Kier alpha value is -0.370. The van der Waals surface area contributed by atoms with Gasteiger partial charge in [-0.15, -0.1) is 0 Å². The Kier molecular flexibility index (Phi) is 3.73. The summed E-state index contributed by atoms with van der Waals surface area (Å²) in [5.41, 5.74) is 0. The van der Waals surface area contributed by atoms with Crippen LogP contribution in [0, 0.1) is 5.92 Å². The summed E-state index contributed by atoms with van der Waals surface area (Å²) < 4.78 is 5.06. The van der Waals surface area contributed by atoms with E-state index in [0.717, 1.165) is 12.8 Å². The van der Waals surface area contributed by atoms with Crippen LogP contribution in [0.4, 0.5) is 0 Å². The Labute approximate surface area is 74.3 Å². The van der Waals surface area contributed by atoms with Crippen molar-refractivity contribution in [1.82, 2.24) is 0 Å². The third kappa shape index (κ3) is 2.59. The molecule has 1 aliphatic carbocycles. The Morgan fingerprint density at radius 1 is 1.50 bits per heavy atom. The van der Waals surface area contributed by atoms with Crippen LogP contribution in [-0.2, 0) is 9.53 Å². The molecule has 12 heavy (non-hydrogen) atoms. The standard InChI is InChI=1S/C10H18O2/c1-8(12-2)7-10(11)9-5-3-4-6-9/h8-9H,3-7H2,1-2H3. The predicted octanol–water partition coefficient (Wildman–Crippen LogP) is 2.17. The van der Waals surface area contributed by atoms with Gasteiger partial charge < -0.3 is 4.74 Å². The fraction of sp³-hybridized carbons (Fsp3) is 0.900. The van der Waals surface area contributed by atoms with E-state index in [0.29, 0.717) is 18.1 Å². The molecule has 0 saturated heterocycles. The second-order valence-corrected chi connectivity index (χ2v) is 3.70. The lowest BCUT2D eigenvalue weighted by molar-refractivity contribution is -0.124. The molecule has 1 saturated carbocycles. The van der Waals surface area contributed by atoms with Gasteiger partial charge in [0.1, 0.15) is 5.78 Å². The minimum atomic E-state index is 0.0955. The molecule has 1 rings (SSSR count). The average molecular weight is 170 g/mol. The lowest BCUT2D eigenvalue weighted by atomic mass is 9.98. The van der Waals surface area contributed by atoms with Gasteiger partial charge in [-0.25, -0.2) is 0 Å². The minimum absolute atomic E-state index is 0.0955. The lowest BCUT2D eigenvalue weighted by Crippen LogP contribution is -2.18. The van der Waals surface area contributed by atoms with E-state index in [2.05, 4.69) is 0 Å². The van der Waals surface area contributed by atoms with Gasteiger partial charge in [0.05, 0.1) is 6.10 Å². The van der Waals surface area contributed by atoms with Gasteiger partial charge in [-0.1, -0.05) is 12.8 Å². The fourth-order valence-electron chi connectivity index (χ4n) is 1.78. The molecule has 0 N–H and O–H groups in total. The van der Waals surface area contributed by atoms with E-state index >= 15 is 0 Å². The van der Waals surface area contributed by atoms with Crippen LogP contribution in [0.25, 0.3) is 0 Å². The third-order valence-corrected chi connectivity index (χ3v) is 2.70. The van der Waals surface area contributed by atoms with E-state index in [-0.39, 0.29) is 6.10 Å². The topological polar surface area (TPSA) is 26.3 Å². The molecule has 2 heteroatoms. The van der Waals surface area contributed by atoms with E-state index in [1.54, 1.807) is 7.11 Å². The summed E-state index contributed by atoms with van der Waals surface area (Å²) in [6.45, 7) is 1.95. The number of hydrogen-bond acceptors (Lipinski definition) is 2. The van der Waals surface area contributed by atoms with E-state index in [9.17, 15) is 4.79 Å².